The highest BCUT2D eigenvalue weighted by molar-refractivity contribution is 6.30. The van der Waals surface area contributed by atoms with Crippen LogP contribution in [0, 0.1) is 10.3 Å². The van der Waals surface area contributed by atoms with Gasteiger partial charge in [-0.15, -0.1) is 0 Å². The van der Waals surface area contributed by atoms with Crippen molar-refractivity contribution in [3.63, 3.8) is 0 Å². The quantitative estimate of drug-likeness (QED) is 0.593. The van der Waals surface area contributed by atoms with E-state index in [9.17, 15) is 9.70 Å². The molecule has 2 atom stereocenters. The predicted molar refractivity (Wildman–Crippen MR) is 77.5 cm³/mol. The van der Waals surface area contributed by atoms with Gasteiger partial charge in [-0.25, -0.2) is 0 Å². The van der Waals surface area contributed by atoms with E-state index in [1.807, 2.05) is 20.8 Å². The molecule has 2 rings (SSSR count). The molecule has 4 nitrogen and oxygen atoms in total. The SMILES string of the molecule is CC(C)(C)C(=O)OC1CCC(N=O)c2ccc(Cl)cc21. The molecule has 0 saturated carbocycles. The lowest BCUT2D eigenvalue weighted by atomic mass is 9.86. The summed E-state index contributed by atoms with van der Waals surface area (Å²) in [7, 11) is 0. The molecule has 0 aromatic heterocycles. The molecule has 0 heterocycles. The standard InChI is InChI=1S/C15H18ClNO3/c1-15(2,3)14(18)20-13-7-6-12(17-19)10-5-4-9(16)8-11(10)13/h4-5,8,12-13H,6-7H2,1-3H3. The van der Waals surface area contributed by atoms with Crippen molar-refractivity contribution in [1.29, 1.82) is 0 Å². The number of benzene rings is 1. The summed E-state index contributed by atoms with van der Waals surface area (Å²) in [6.07, 6.45) is 0.819. The first-order valence-corrected chi connectivity index (χ1v) is 7.03. The van der Waals surface area contributed by atoms with Gasteiger partial charge in [0.15, 0.2) is 0 Å². The second-order valence-corrected chi connectivity index (χ2v) is 6.55. The van der Waals surface area contributed by atoms with Crippen LogP contribution < -0.4 is 0 Å². The van der Waals surface area contributed by atoms with Crippen LogP contribution in [0.4, 0.5) is 0 Å². The highest BCUT2D eigenvalue weighted by atomic mass is 35.5. The number of hydrogen-bond acceptors (Lipinski definition) is 4. The highest BCUT2D eigenvalue weighted by Gasteiger charge is 2.33. The zero-order valence-electron chi connectivity index (χ0n) is 11.9. The van der Waals surface area contributed by atoms with Gasteiger partial charge in [-0.1, -0.05) is 22.8 Å². The van der Waals surface area contributed by atoms with E-state index in [2.05, 4.69) is 5.18 Å². The molecule has 0 radical (unpaired) electrons. The van der Waals surface area contributed by atoms with Gasteiger partial charge in [0, 0.05) is 5.02 Å². The van der Waals surface area contributed by atoms with Gasteiger partial charge in [-0.2, -0.15) is 4.91 Å². The van der Waals surface area contributed by atoms with Crippen molar-refractivity contribution in [2.75, 3.05) is 0 Å². The Morgan fingerprint density at radius 3 is 2.60 bits per heavy atom. The third-order valence-corrected chi connectivity index (χ3v) is 3.68. The largest absolute Gasteiger partial charge is 0.457 e. The lowest BCUT2D eigenvalue weighted by molar-refractivity contribution is -0.159. The normalized spacial score (nSPS) is 22.0. The van der Waals surface area contributed by atoms with Crippen LogP contribution in [0.3, 0.4) is 0 Å². The Bertz CT molecular complexity index is 536. The number of rotatable bonds is 2. The maximum Gasteiger partial charge on any atom is 0.311 e. The minimum absolute atomic E-state index is 0.258. The molecule has 0 fully saturated rings. The second kappa shape index (κ2) is 5.52. The van der Waals surface area contributed by atoms with E-state index < -0.39 is 5.41 Å². The van der Waals surface area contributed by atoms with E-state index in [4.69, 9.17) is 16.3 Å². The molecule has 0 N–H and O–H groups in total. The number of ether oxygens (including phenoxy) is 1. The Morgan fingerprint density at radius 2 is 2.00 bits per heavy atom. The Hall–Kier alpha value is -1.42. The average Bonchev–Trinajstić information content (AvgIpc) is 2.38. The topological polar surface area (TPSA) is 55.7 Å². The fourth-order valence-corrected chi connectivity index (χ4v) is 2.47. The molecule has 0 amide bonds. The Labute approximate surface area is 123 Å². The lowest BCUT2D eigenvalue weighted by Gasteiger charge is -2.30. The minimum Gasteiger partial charge on any atom is -0.457 e. The monoisotopic (exact) mass is 295 g/mol. The maximum absolute atomic E-state index is 12.0. The number of nitroso groups, excluding NO2 is 1. The van der Waals surface area contributed by atoms with Gasteiger partial charge < -0.3 is 4.74 Å². The summed E-state index contributed by atoms with van der Waals surface area (Å²) in [5.74, 6) is -0.258. The number of nitrogens with zero attached hydrogens (tertiary/aromatic N) is 1. The van der Waals surface area contributed by atoms with E-state index >= 15 is 0 Å². The van der Waals surface area contributed by atoms with E-state index in [1.54, 1.807) is 18.2 Å². The number of carbonyl (C=O) groups is 1. The maximum atomic E-state index is 12.0. The molecule has 0 aliphatic heterocycles. The van der Waals surface area contributed by atoms with Crippen molar-refractivity contribution in [3.8, 4) is 0 Å². The second-order valence-electron chi connectivity index (χ2n) is 6.12. The van der Waals surface area contributed by atoms with Crippen molar-refractivity contribution in [2.24, 2.45) is 10.6 Å². The molecule has 0 spiro atoms. The number of fused-ring (bicyclic) bond motifs is 1. The van der Waals surface area contributed by atoms with Crippen LogP contribution >= 0.6 is 11.6 Å². The van der Waals surface area contributed by atoms with Crippen LogP contribution in [-0.4, -0.2) is 5.97 Å². The molecular formula is C15H18ClNO3. The van der Waals surface area contributed by atoms with Gasteiger partial charge in [0.1, 0.15) is 12.1 Å². The lowest BCUT2D eigenvalue weighted by Crippen LogP contribution is -2.27. The molecule has 1 aromatic rings. The average molecular weight is 296 g/mol. The predicted octanol–water partition coefficient (Wildman–Crippen LogP) is 4.57. The molecule has 1 aromatic carbocycles. The van der Waals surface area contributed by atoms with Crippen molar-refractivity contribution in [1.82, 2.24) is 0 Å². The molecule has 1 aliphatic carbocycles. The van der Waals surface area contributed by atoms with Crippen LogP contribution in [0.2, 0.25) is 5.02 Å². The van der Waals surface area contributed by atoms with Gasteiger partial charge in [-0.3, -0.25) is 4.79 Å². The molecule has 0 saturated heterocycles. The third-order valence-electron chi connectivity index (χ3n) is 3.45. The number of halogens is 1. The molecule has 1 aliphatic rings. The smallest absolute Gasteiger partial charge is 0.311 e. The summed E-state index contributed by atoms with van der Waals surface area (Å²) >= 11 is 6.01. The fourth-order valence-electron chi connectivity index (χ4n) is 2.29. The highest BCUT2D eigenvalue weighted by Crippen LogP contribution is 2.41. The van der Waals surface area contributed by atoms with Crippen LogP contribution in [0.25, 0.3) is 0 Å². The fraction of sp³-hybridized carbons (Fsp3) is 0.533. The summed E-state index contributed by atoms with van der Waals surface area (Å²) in [6, 6.07) is 4.90. The molecular weight excluding hydrogens is 278 g/mol. The van der Waals surface area contributed by atoms with Crippen LogP contribution in [-0.2, 0) is 9.53 Å². The van der Waals surface area contributed by atoms with Gasteiger partial charge in [0.2, 0.25) is 0 Å². The van der Waals surface area contributed by atoms with Crippen molar-refractivity contribution in [2.45, 2.75) is 45.8 Å². The molecule has 0 bridgehead atoms. The van der Waals surface area contributed by atoms with E-state index in [0.717, 1.165) is 11.1 Å². The van der Waals surface area contributed by atoms with Crippen molar-refractivity contribution >= 4 is 17.6 Å². The molecule has 5 heteroatoms. The first-order chi connectivity index (χ1) is 9.32. The van der Waals surface area contributed by atoms with E-state index in [0.29, 0.717) is 17.9 Å². The van der Waals surface area contributed by atoms with Gasteiger partial charge in [-0.05, 0) is 56.9 Å². The van der Waals surface area contributed by atoms with Crippen LogP contribution in [0.15, 0.2) is 23.4 Å². The summed E-state index contributed by atoms with van der Waals surface area (Å²) in [6.45, 7) is 5.44. The molecule has 108 valence electrons. The first-order valence-electron chi connectivity index (χ1n) is 6.66. The van der Waals surface area contributed by atoms with E-state index in [-0.39, 0.29) is 18.1 Å². The Kier molecular flexibility index (Phi) is 4.14. The zero-order valence-corrected chi connectivity index (χ0v) is 12.6. The summed E-state index contributed by atoms with van der Waals surface area (Å²) in [5.41, 5.74) is 1.05. The zero-order chi connectivity index (χ0) is 14.9. The first kappa shape index (κ1) is 15.0. The summed E-state index contributed by atoms with van der Waals surface area (Å²) < 4.78 is 5.59. The summed E-state index contributed by atoms with van der Waals surface area (Å²) in [5, 5.41) is 3.71. The van der Waals surface area contributed by atoms with Gasteiger partial charge in [0.05, 0.1) is 5.41 Å². The third kappa shape index (κ3) is 3.01. The van der Waals surface area contributed by atoms with Crippen molar-refractivity contribution in [3.05, 3.63) is 39.3 Å². The summed E-state index contributed by atoms with van der Waals surface area (Å²) in [4.78, 5) is 22.9. The van der Waals surface area contributed by atoms with E-state index in [1.165, 1.54) is 0 Å². The van der Waals surface area contributed by atoms with Gasteiger partial charge >= 0.3 is 5.97 Å². The van der Waals surface area contributed by atoms with Crippen LogP contribution in [0.5, 0.6) is 0 Å². The molecule has 20 heavy (non-hydrogen) atoms. The number of esters is 1. The number of hydrogen-bond donors (Lipinski definition) is 0. The van der Waals surface area contributed by atoms with Crippen molar-refractivity contribution < 1.29 is 9.53 Å². The van der Waals surface area contributed by atoms with Gasteiger partial charge in [0.25, 0.3) is 0 Å². The Balaban J connectivity index is 2.32. The Morgan fingerprint density at radius 1 is 1.30 bits per heavy atom. The minimum atomic E-state index is -0.557. The molecule has 2 unspecified atom stereocenters. The van der Waals surface area contributed by atoms with Crippen LogP contribution in [0.1, 0.15) is 56.9 Å². The number of carbonyl (C=O) groups excluding carboxylic acids is 1.